The molecular formula is C14H24N4O. The fourth-order valence-corrected chi connectivity index (χ4v) is 2.80. The van der Waals surface area contributed by atoms with Crippen molar-refractivity contribution in [2.24, 2.45) is 5.92 Å². The predicted molar refractivity (Wildman–Crippen MR) is 76.9 cm³/mol. The Kier molecular flexibility index (Phi) is 4.96. The summed E-state index contributed by atoms with van der Waals surface area (Å²) < 4.78 is 0. The molecule has 0 spiro atoms. The van der Waals surface area contributed by atoms with Crippen LogP contribution in [0, 0.1) is 12.8 Å². The summed E-state index contributed by atoms with van der Waals surface area (Å²) in [6.07, 6.45) is 9.27. The molecule has 1 aromatic rings. The SMILES string of the molecule is Cc1cnc(N)nc1N[C@H](CO)CC1CCCCC1. The first-order valence-electron chi connectivity index (χ1n) is 7.15. The maximum atomic E-state index is 9.54. The Bertz CT molecular complexity index is 404. The van der Waals surface area contributed by atoms with Crippen molar-refractivity contribution in [3.05, 3.63) is 11.8 Å². The van der Waals surface area contributed by atoms with E-state index in [0.29, 0.717) is 0 Å². The number of hydrogen-bond donors (Lipinski definition) is 3. The summed E-state index contributed by atoms with van der Waals surface area (Å²) in [5, 5.41) is 12.8. The van der Waals surface area contributed by atoms with Gasteiger partial charge >= 0.3 is 0 Å². The average Bonchev–Trinajstić information content (AvgIpc) is 2.43. The molecule has 1 aliphatic carbocycles. The number of aryl methyl sites for hydroxylation is 1. The lowest BCUT2D eigenvalue weighted by Crippen LogP contribution is -2.28. The van der Waals surface area contributed by atoms with Crippen LogP contribution >= 0.6 is 0 Å². The van der Waals surface area contributed by atoms with E-state index in [4.69, 9.17) is 5.73 Å². The highest BCUT2D eigenvalue weighted by atomic mass is 16.3. The molecule has 2 rings (SSSR count). The van der Waals surface area contributed by atoms with Crippen molar-refractivity contribution in [2.45, 2.75) is 51.5 Å². The van der Waals surface area contributed by atoms with Crippen molar-refractivity contribution >= 4 is 11.8 Å². The molecule has 0 aromatic carbocycles. The molecule has 1 saturated carbocycles. The van der Waals surface area contributed by atoms with E-state index < -0.39 is 0 Å². The van der Waals surface area contributed by atoms with Gasteiger partial charge in [-0.1, -0.05) is 32.1 Å². The standard InChI is InChI=1S/C14H24N4O/c1-10-8-16-14(15)18-13(10)17-12(9-19)7-11-5-3-2-4-6-11/h8,11-12,19H,2-7,9H2,1H3,(H3,15,16,17,18)/t12-/m0/s1. The highest BCUT2D eigenvalue weighted by Crippen LogP contribution is 2.28. The summed E-state index contributed by atoms with van der Waals surface area (Å²) >= 11 is 0. The van der Waals surface area contributed by atoms with E-state index in [0.717, 1.165) is 23.7 Å². The maximum Gasteiger partial charge on any atom is 0.221 e. The summed E-state index contributed by atoms with van der Waals surface area (Å²) in [6.45, 7) is 2.07. The second-order valence-corrected chi connectivity index (χ2v) is 5.52. The smallest absolute Gasteiger partial charge is 0.221 e. The normalized spacial score (nSPS) is 18.2. The minimum absolute atomic E-state index is 0.0519. The van der Waals surface area contributed by atoms with E-state index in [9.17, 15) is 5.11 Å². The molecule has 0 unspecified atom stereocenters. The van der Waals surface area contributed by atoms with Crippen LogP contribution in [-0.2, 0) is 0 Å². The Balaban J connectivity index is 1.95. The molecule has 1 heterocycles. The van der Waals surface area contributed by atoms with E-state index in [1.54, 1.807) is 6.20 Å². The Labute approximate surface area is 114 Å². The Morgan fingerprint density at radius 3 is 2.84 bits per heavy atom. The third kappa shape index (κ3) is 4.06. The Hall–Kier alpha value is -1.36. The van der Waals surface area contributed by atoms with Gasteiger partial charge in [0.1, 0.15) is 5.82 Å². The molecular weight excluding hydrogens is 240 g/mol. The van der Waals surface area contributed by atoms with Crippen molar-refractivity contribution in [3.8, 4) is 0 Å². The Morgan fingerprint density at radius 1 is 1.42 bits per heavy atom. The van der Waals surface area contributed by atoms with Gasteiger partial charge in [0.2, 0.25) is 5.95 Å². The van der Waals surface area contributed by atoms with Crippen LogP contribution in [0.4, 0.5) is 11.8 Å². The first-order chi connectivity index (χ1) is 9.19. The predicted octanol–water partition coefficient (Wildman–Crippen LogP) is 2.11. The van der Waals surface area contributed by atoms with Gasteiger partial charge in [-0.3, -0.25) is 0 Å². The molecule has 4 N–H and O–H groups in total. The zero-order valence-electron chi connectivity index (χ0n) is 11.6. The molecule has 1 aliphatic rings. The third-order valence-corrected chi connectivity index (χ3v) is 3.89. The molecule has 0 aliphatic heterocycles. The van der Waals surface area contributed by atoms with Gasteiger partial charge in [0.25, 0.3) is 0 Å². The van der Waals surface area contributed by atoms with Crippen molar-refractivity contribution in [1.82, 2.24) is 9.97 Å². The molecule has 0 amide bonds. The van der Waals surface area contributed by atoms with Crippen molar-refractivity contribution in [1.29, 1.82) is 0 Å². The highest BCUT2D eigenvalue weighted by Gasteiger charge is 2.19. The summed E-state index contributed by atoms with van der Waals surface area (Å²) in [5.74, 6) is 1.72. The lowest BCUT2D eigenvalue weighted by Gasteiger charge is -2.26. The molecule has 106 valence electrons. The van der Waals surface area contributed by atoms with Crippen molar-refractivity contribution < 1.29 is 5.11 Å². The monoisotopic (exact) mass is 264 g/mol. The van der Waals surface area contributed by atoms with Gasteiger partial charge in [0.15, 0.2) is 0 Å². The van der Waals surface area contributed by atoms with Crippen LogP contribution in [0.2, 0.25) is 0 Å². The molecule has 1 fully saturated rings. The number of nitrogens with zero attached hydrogens (tertiary/aromatic N) is 2. The van der Waals surface area contributed by atoms with E-state index in [1.165, 1.54) is 32.1 Å². The number of aliphatic hydroxyl groups excluding tert-OH is 1. The molecule has 1 atom stereocenters. The van der Waals surface area contributed by atoms with E-state index in [1.807, 2.05) is 6.92 Å². The van der Waals surface area contributed by atoms with Gasteiger partial charge < -0.3 is 16.2 Å². The lowest BCUT2D eigenvalue weighted by atomic mass is 9.85. The lowest BCUT2D eigenvalue weighted by molar-refractivity contribution is 0.236. The Morgan fingerprint density at radius 2 is 2.16 bits per heavy atom. The van der Waals surface area contributed by atoms with Gasteiger partial charge in [0, 0.05) is 11.8 Å². The molecule has 19 heavy (non-hydrogen) atoms. The second-order valence-electron chi connectivity index (χ2n) is 5.52. The van der Waals surface area contributed by atoms with Gasteiger partial charge in [-0.2, -0.15) is 4.98 Å². The van der Waals surface area contributed by atoms with Crippen LogP contribution in [-0.4, -0.2) is 27.7 Å². The minimum atomic E-state index is 0.0519. The quantitative estimate of drug-likeness (QED) is 0.758. The number of rotatable bonds is 5. The van der Waals surface area contributed by atoms with Crippen LogP contribution in [0.15, 0.2) is 6.20 Å². The molecule has 0 saturated heterocycles. The van der Waals surface area contributed by atoms with E-state index in [2.05, 4.69) is 15.3 Å². The topological polar surface area (TPSA) is 84.1 Å². The van der Waals surface area contributed by atoms with Crippen LogP contribution in [0.5, 0.6) is 0 Å². The summed E-state index contributed by atoms with van der Waals surface area (Å²) in [6, 6.07) is 0.0519. The number of aromatic nitrogens is 2. The van der Waals surface area contributed by atoms with Crippen LogP contribution < -0.4 is 11.1 Å². The number of hydrogen-bond acceptors (Lipinski definition) is 5. The van der Waals surface area contributed by atoms with Gasteiger partial charge in [-0.15, -0.1) is 0 Å². The van der Waals surface area contributed by atoms with Gasteiger partial charge in [-0.25, -0.2) is 4.98 Å². The zero-order chi connectivity index (χ0) is 13.7. The van der Waals surface area contributed by atoms with E-state index >= 15 is 0 Å². The van der Waals surface area contributed by atoms with Gasteiger partial charge in [0.05, 0.1) is 12.6 Å². The van der Waals surface area contributed by atoms with Gasteiger partial charge in [-0.05, 0) is 19.3 Å². The number of anilines is 2. The largest absolute Gasteiger partial charge is 0.394 e. The average molecular weight is 264 g/mol. The van der Waals surface area contributed by atoms with Crippen LogP contribution in [0.3, 0.4) is 0 Å². The summed E-state index contributed by atoms with van der Waals surface area (Å²) in [7, 11) is 0. The third-order valence-electron chi connectivity index (χ3n) is 3.89. The number of aliphatic hydroxyl groups is 1. The fraction of sp³-hybridized carbons (Fsp3) is 0.714. The molecule has 1 aromatic heterocycles. The molecule has 5 nitrogen and oxygen atoms in total. The fourth-order valence-electron chi connectivity index (χ4n) is 2.80. The maximum absolute atomic E-state index is 9.54. The minimum Gasteiger partial charge on any atom is -0.394 e. The van der Waals surface area contributed by atoms with Crippen LogP contribution in [0.1, 0.15) is 44.1 Å². The van der Waals surface area contributed by atoms with E-state index in [-0.39, 0.29) is 18.6 Å². The molecule has 5 heteroatoms. The number of nitrogens with one attached hydrogen (secondary N) is 1. The highest BCUT2D eigenvalue weighted by molar-refractivity contribution is 5.45. The zero-order valence-corrected chi connectivity index (χ0v) is 11.6. The van der Waals surface area contributed by atoms with Crippen molar-refractivity contribution in [3.63, 3.8) is 0 Å². The second kappa shape index (κ2) is 6.70. The van der Waals surface area contributed by atoms with Crippen molar-refractivity contribution in [2.75, 3.05) is 17.7 Å². The summed E-state index contributed by atoms with van der Waals surface area (Å²) in [4.78, 5) is 8.15. The number of nitrogen functional groups attached to an aromatic ring is 1. The summed E-state index contributed by atoms with van der Waals surface area (Å²) in [5.41, 5.74) is 6.56. The molecule has 0 radical (unpaired) electrons. The first kappa shape index (κ1) is 14.1. The van der Waals surface area contributed by atoms with Crippen LogP contribution in [0.25, 0.3) is 0 Å². The molecule has 0 bridgehead atoms. The number of nitrogens with two attached hydrogens (primary N) is 1. The first-order valence-corrected chi connectivity index (χ1v) is 7.15.